The van der Waals surface area contributed by atoms with Crippen molar-refractivity contribution >= 4 is 23.6 Å². The second-order valence-electron chi connectivity index (χ2n) is 6.09. The molecule has 8 heteroatoms. The number of esters is 1. The molecule has 0 saturated carbocycles. The first kappa shape index (κ1) is 20.8. The number of rotatable bonds is 7. The van der Waals surface area contributed by atoms with Crippen molar-refractivity contribution in [1.29, 1.82) is 0 Å². The van der Waals surface area contributed by atoms with Crippen LogP contribution in [0, 0.1) is 15.9 Å². The van der Waals surface area contributed by atoms with Crippen molar-refractivity contribution in [2.75, 3.05) is 7.05 Å². The SMILES string of the molecule is C[C@@H](OC(=O)/C=C/c1ccc([N+](=O)[O-])cc1)C(=O)N(C)Cc1cccc(F)c1. The lowest BCUT2D eigenvalue weighted by Gasteiger charge is -2.21. The topological polar surface area (TPSA) is 89.7 Å². The van der Waals surface area contributed by atoms with Gasteiger partial charge in [0.2, 0.25) is 0 Å². The second-order valence-corrected chi connectivity index (χ2v) is 6.09. The van der Waals surface area contributed by atoms with E-state index in [-0.39, 0.29) is 12.2 Å². The minimum atomic E-state index is -1.02. The number of nitro groups is 1. The van der Waals surface area contributed by atoms with Gasteiger partial charge in [0.15, 0.2) is 6.10 Å². The summed E-state index contributed by atoms with van der Waals surface area (Å²) in [6.07, 6.45) is 1.55. The first-order valence-electron chi connectivity index (χ1n) is 8.39. The van der Waals surface area contributed by atoms with E-state index in [1.54, 1.807) is 12.1 Å². The van der Waals surface area contributed by atoms with E-state index in [4.69, 9.17) is 4.74 Å². The predicted molar refractivity (Wildman–Crippen MR) is 101 cm³/mol. The van der Waals surface area contributed by atoms with E-state index < -0.39 is 28.7 Å². The number of non-ortho nitro benzene ring substituents is 1. The smallest absolute Gasteiger partial charge is 0.331 e. The van der Waals surface area contributed by atoms with Crippen molar-refractivity contribution in [3.8, 4) is 0 Å². The summed E-state index contributed by atoms with van der Waals surface area (Å²) in [4.78, 5) is 35.6. The summed E-state index contributed by atoms with van der Waals surface area (Å²) in [6, 6.07) is 11.5. The summed E-state index contributed by atoms with van der Waals surface area (Å²) in [5.74, 6) is -1.55. The van der Waals surface area contributed by atoms with E-state index in [0.717, 1.165) is 6.08 Å². The van der Waals surface area contributed by atoms with Crippen LogP contribution in [-0.4, -0.2) is 34.9 Å². The Labute approximate surface area is 161 Å². The van der Waals surface area contributed by atoms with Crippen LogP contribution in [0.4, 0.5) is 10.1 Å². The van der Waals surface area contributed by atoms with E-state index >= 15 is 0 Å². The van der Waals surface area contributed by atoms with Gasteiger partial charge in [-0.05, 0) is 48.4 Å². The lowest BCUT2D eigenvalue weighted by molar-refractivity contribution is -0.384. The Hall–Kier alpha value is -3.55. The summed E-state index contributed by atoms with van der Waals surface area (Å²) >= 11 is 0. The molecular weight excluding hydrogens is 367 g/mol. The van der Waals surface area contributed by atoms with E-state index in [1.165, 1.54) is 61.3 Å². The number of halogens is 1. The van der Waals surface area contributed by atoms with Crippen molar-refractivity contribution in [2.45, 2.75) is 19.6 Å². The number of likely N-dealkylation sites (N-methyl/N-ethyl adjacent to an activating group) is 1. The Morgan fingerprint density at radius 1 is 1.25 bits per heavy atom. The highest BCUT2D eigenvalue weighted by atomic mass is 19.1. The third-order valence-electron chi connectivity index (χ3n) is 3.84. The maximum Gasteiger partial charge on any atom is 0.331 e. The standard InChI is InChI=1S/C20H19FN2O5/c1-14(20(25)22(2)13-16-4-3-5-17(21)12-16)28-19(24)11-8-15-6-9-18(10-7-15)23(26)27/h3-12,14H,13H2,1-2H3/b11-8+/t14-/m1/s1. The molecule has 0 aromatic heterocycles. The van der Waals surface area contributed by atoms with E-state index in [1.807, 2.05) is 0 Å². The van der Waals surface area contributed by atoms with Gasteiger partial charge in [-0.2, -0.15) is 0 Å². The summed E-state index contributed by atoms with van der Waals surface area (Å²) in [5, 5.41) is 10.6. The van der Waals surface area contributed by atoms with E-state index in [0.29, 0.717) is 11.1 Å². The Morgan fingerprint density at radius 2 is 1.93 bits per heavy atom. The minimum absolute atomic E-state index is 0.0553. The van der Waals surface area contributed by atoms with Crippen molar-refractivity contribution in [3.05, 3.63) is 81.7 Å². The monoisotopic (exact) mass is 386 g/mol. The molecule has 1 atom stereocenters. The van der Waals surface area contributed by atoms with Gasteiger partial charge < -0.3 is 9.64 Å². The highest BCUT2D eigenvalue weighted by Gasteiger charge is 2.20. The zero-order valence-electron chi connectivity index (χ0n) is 15.4. The molecule has 0 aliphatic heterocycles. The average molecular weight is 386 g/mol. The van der Waals surface area contributed by atoms with Crippen LogP contribution in [-0.2, 0) is 20.9 Å². The lowest BCUT2D eigenvalue weighted by atomic mass is 10.2. The number of hydrogen-bond donors (Lipinski definition) is 0. The van der Waals surface area contributed by atoms with Crippen molar-refractivity contribution in [3.63, 3.8) is 0 Å². The second kappa shape index (κ2) is 9.40. The van der Waals surface area contributed by atoms with Crippen LogP contribution >= 0.6 is 0 Å². The largest absolute Gasteiger partial charge is 0.449 e. The number of benzene rings is 2. The number of nitrogens with zero attached hydrogens (tertiary/aromatic N) is 2. The Bertz CT molecular complexity index is 896. The van der Waals surface area contributed by atoms with Gasteiger partial charge in [-0.1, -0.05) is 12.1 Å². The maximum absolute atomic E-state index is 13.2. The first-order chi connectivity index (χ1) is 13.3. The Balaban J connectivity index is 1.89. The predicted octanol–water partition coefficient (Wildman–Crippen LogP) is 3.34. The van der Waals surface area contributed by atoms with Crippen LogP contribution < -0.4 is 0 Å². The van der Waals surface area contributed by atoms with Crippen LogP contribution in [0.5, 0.6) is 0 Å². The van der Waals surface area contributed by atoms with E-state index in [9.17, 15) is 24.1 Å². The number of amides is 1. The van der Waals surface area contributed by atoms with Crippen LogP contribution in [0.3, 0.4) is 0 Å². The van der Waals surface area contributed by atoms with Gasteiger partial charge in [0.1, 0.15) is 5.82 Å². The zero-order chi connectivity index (χ0) is 20.7. The zero-order valence-corrected chi connectivity index (χ0v) is 15.4. The van der Waals surface area contributed by atoms with Crippen molar-refractivity contribution in [1.82, 2.24) is 4.90 Å². The molecule has 7 nitrogen and oxygen atoms in total. The fourth-order valence-corrected chi connectivity index (χ4v) is 2.43. The summed E-state index contributed by atoms with van der Waals surface area (Å²) in [7, 11) is 1.53. The molecular formula is C20H19FN2O5. The van der Waals surface area contributed by atoms with Gasteiger partial charge in [-0.25, -0.2) is 9.18 Å². The molecule has 0 radical (unpaired) electrons. The normalized spacial score (nSPS) is 11.8. The van der Waals surface area contributed by atoms with Crippen LogP contribution in [0.25, 0.3) is 6.08 Å². The Kier molecular flexibility index (Phi) is 6.97. The molecule has 0 bridgehead atoms. The quantitative estimate of drug-likeness (QED) is 0.315. The highest BCUT2D eigenvalue weighted by molar-refractivity contribution is 5.90. The molecule has 0 aliphatic carbocycles. The molecule has 0 spiro atoms. The molecule has 0 heterocycles. The molecule has 0 aliphatic rings. The first-order valence-corrected chi connectivity index (χ1v) is 8.39. The van der Waals surface area contributed by atoms with Crippen LogP contribution in [0.15, 0.2) is 54.6 Å². The number of nitro benzene ring substituents is 1. The molecule has 28 heavy (non-hydrogen) atoms. The molecule has 2 aromatic rings. The summed E-state index contributed by atoms with van der Waals surface area (Å²) in [5.41, 5.74) is 1.14. The molecule has 0 saturated heterocycles. The lowest BCUT2D eigenvalue weighted by Crippen LogP contribution is -2.36. The van der Waals surface area contributed by atoms with E-state index in [2.05, 4.69) is 0 Å². The summed E-state index contributed by atoms with van der Waals surface area (Å²) < 4.78 is 18.3. The maximum atomic E-state index is 13.2. The Morgan fingerprint density at radius 3 is 2.54 bits per heavy atom. The fourth-order valence-electron chi connectivity index (χ4n) is 2.43. The molecule has 0 unspecified atom stereocenters. The van der Waals surface area contributed by atoms with Gasteiger partial charge in [0, 0.05) is 31.8 Å². The summed E-state index contributed by atoms with van der Waals surface area (Å²) in [6.45, 7) is 1.62. The van der Waals surface area contributed by atoms with Crippen molar-refractivity contribution < 1.29 is 23.6 Å². The van der Waals surface area contributed by atoms with Gasteiger partial charge in [-0.3, -0.25) is 14.9 Å². The number of carbonyl (C=O) groups is 2. The van der Waals surface area contributed by atoms with Gasteiger partial charge in [0.05, 0.1) is 4.92 Å². The number of ether oxygens (including phenoxy) is 1. The van der Waals surface area contributed by atoms with Gasteiger partial charge in [-0.15, -0.1) is 0 Å². The molecule has 0 fully saturated rings. The van der Waals surface area contributed by atoms with Gasteiger partial charge in [0.25, 0.3) is 11.6 Å². The molecule has 2 rings (SSSR count). The molecule has 1 amide bonds. The minimum Gasteiger partial charge on any atom is -0.449 e. The van der Waals surface area contributed by atoms with Crippen LogP contribution in [0.2, 0.25) is 0 Å². The van der Waals surface area contributed by atoms with Crippen molar-refractivity contribution in [2.24, 2.45) is 0 Å². The number of hydrogen-bond acceptors (Lipinski definition) is 5. The molecule has 2 aromatic carbocycles. The highest BCUT2D eigenvalue weighted by Crippen LogP contribution is 2.13. The molecule has 146 valence electrons. The third kappa shape index (κ3) is 6.01. The number of carbonyl (C=O) groups excluding carboxylic acids is 2. The average Bonchev–Trinajstić information content (AvgIpc) is 2.66. The third-order valence-corrected chi connectivity index (χ3v) is 3.84. The fraction of sp³-hybridized carbons (Fsp3) is 0.200. The van der Waals surface area contributed by atoms with Crippen LogP contribution in [0.1, 0.15) is 18.1 Å². The van der Waals surface area contributed by atoms with Gasteiger partial charge >= 0.3 is 5.97 Å². The molecule has 0 N–H and O–H groups in total.